The second-order valence-electron chi connectivity index (χ2n) is 4.77. The summed E-state index contributed by atoms with van der Waals surface area (Å²) in [4.78, 5) is 14.4. The Kier molecular flexibility index (Phi) is 4.07. The summed E-state index contributed by atoms with van der Waals surface area (Å²) in [7, 11) is 1.58. The number of thiophene rings is 1. The fraction of sp³-hybridized carbons (Fsp3) is 0.267. The van der Waals surface area contributed by atoms with E-state index in [9.17, 15) is 4.79 Å². The van der Waals surface area contributed by atoms with Gasteiger partial charge in [-0.2, -0.15) is 11.8 Å². The van der Waals surface area contributed by atoms with Gasteiger partial charge in [0, 0.05) is 16.7 Å². The predicted octanol–water partition coefficient (Wildman–Crippen LogP) is 3.38. The van der Waals surface area contributed by atoms with E-state index in [-0.39, 0.29) is 5.91 Å². The molecule has 1 aromatic carbocycles. The van der Waals surface area contributed by atoms with Gasteiger partial charge in [0.15, 0.2) is 0 Å². The molecule has 0 fully saturated rings. The number of rotatable bonds is 3. The van der Waals surface area contributed by atoms with Gasteiger partial charge in [0.25, 0.3) is 5.91 Å². The monoisotopic (exact) mass is 320 g/mol. The van der Waals surface area contributed by atoms with Crippen molar-refractivity contribution in [2.24, 2.45) is 0 Å². The molecule has 1 amide bonds. The number of hydrogen-bond donors (Lipinski definition) is 2. The van der Waals surface area contributed by atoms with E-state index in [0.29, 0.717) is 17.1 Å². The molecule has 110 valence electrons. The molecule has 1 aliphatic heterocycles. The van der Waals surface area contributed by atoms with E-state index in [0.717, 1.165) is 22.8 Å². The van der Waals surface area contributed by atoms with Crippen molar-refractivity contribution in [2.75, 3.05) is 23.9 Å². The van der Waals surface area contributed by atoms with Crippen LogP contribution in [-0.4, -0.2) is 18.8 Å². The molecule has 6 heteroatoms. The number of aryl methyl sites for hydroxylation is 1. The number of ether oxygens (including phenoxy) is 1. The molecule has 0 bridgehead atoms. The zero-order chi connectivity index (χ0) is 14.8. The Morgan fingerprint density at radius 3 is 2.95 bits per heavy atom. The van der Waals surface area contributed by atoms with E-state index in [4.69, 9.17) is 10.5 Å². The van der Waals surface area contributed by atoms with Gasteiger partial charge in [0.1, 0.15) is 5.75 Å². The third-order valence-electron chi connectivity index (χ3n) is 3.36. The summed E-state index contributed by atoms with van der Waals surface area (Å²) < 4.78 is 5.10. The molecule has 0 saturated carbocycles. The molecule has 4 nitrogen and oxygen atoms in total. The minimum atomic E-state index is -0.101. The molecule has 2 heterocycles. The fourth-order valence-corrected chi connectivity index (χ4v) is 4.49. The lowest BCUT2D eigenvalue weighted by Gasteiger charge is -2.08. The first-order chi connectivity index (χ1) is 10.2. The molecule has 3 rings (SSSR count). The number of carbonyl (C=O) groups is 1. The average Bonchev–Trinajstić information content (AvgIpc) is 2.93. The number of methoxy groups -OCH3 is 1. The Balaban J connectivity index is 1.78. The number of nitrogens with one attached hydrogen (secondary N) is 1. The number of benzene rings is 1. The van der Waals surface area contributed by atoms with Gasteiger partial charge in [-0.3, -0.25) is 4.79 Å². The van der Waals surface area contributed by atoms with Crippen molar-refractivity contribution < 1.29 is 9.53 Å². The molecule has 0 saturated heterocycles. The number of fused-ring (bicyclic) bond motifs is 1. The van der Waals surface area contributed by atoms with E-state index in [1.165, 1.54) is 10.4 Å². The van der Waals surface area contributed by atoms with Gasteiger partial charge in [-0.15, -0.1) is 11.3 Å². The molecule has 21 heavy (non-hydrogen) atoms. The third kappa shape index (κ3) is 3.01. The fourth-order valence-electron chi connectivity index (χ4n) is 2.22. The molecule has 3 N–H and O–H groups in total. The number of nitrogens with two attached hydrogens (primary N) is 1. The summed E-state index contributed by atoms with van der Waals surface area (Å²) >= 11 is 3.50. The van der Waals surface area contributed by atoms with Crippen LogP contribution in [0.4, 0.5) is 11.4 Å². The highest BCUT2D eigenvalue weighted by Gasteiger charge is 2.18. The summed E-state index contributed by atoms with van der Waals surface area (Å²) in [6.45, 7) is 0. The van der Waals surface area contributed by atoms with E-state index in [1.807, 2.05) is 17.8 Å². The minimum Gasteiger partial charge on any atom is -0.497 e. The smallest absolute Gasteiger partial charge is 0.265 e. The topological polar surface area (TPSA) is 64.3 Å². The van der Waals surface area contributed by atoms with Crippen molar-refractivity contribution >= 4 is 40.4 Å². The van der Waals surface area contributed by atoms with Gasteiger partial charge < -0.3 is 15.8 Å². The summed E-state index contributed by atoms with van der Waals surface area (Å²) in [6, 6.07) is 7.24. The van der Waals surface area contributed by atoms with Crippen LogP contribution >= 0.6 is 23.1 Å². The van der Waals surface area contributed by atoms with Gasteiger partial charge in [0.2, 0.25) is 0 Å². The first-order valence-corrected chi connectivity index (χ1v) is 8.58. The Morgan fingerprint density at radius 2 is 2.24 bits per heavy atom. The SMILES string of the molecule is COc1ccc(NC(=O)c2cc3c(s2)CCSC3)c(N)c1. The van der Waals surface area contributed by atoms with E-state index < -0.39 is 0 Å². The molecular weight excluding hydrogens is 304 g/mol. The molecule has 0 spiro atoms. The number of hydrogen-bond acceptors (Lipinski definition) is 5. The van der Waals surface area contributed by atoms with Crippen molar-refractivity contribution in [1.29, 1.82) is 0 Å². The maximum absolute atomic E-state index is 12.3. The predicted molar refractivity (Wildman–Crippen MR) is 89.5 cm³/mol. The number of thioether (sulfide) groups is 1. The zero-order valence-electron chi connectivity index (χ0n) is 11.6. The molecule has 0 radical (unpaired) electrons. The van der Waals surface area contributed by atoms with Gasteiger partial charge >= 0.3 is 0 Å². The summed E-state index contributed by atoms with van der Waals surface area (Å²) in [5, 5.41) is 2.87. The molecule has 0 aliphatic carbocycles. The normalized spacial score (nSPS) is 13.6. The van der Waals surface area contributed by atoms with E-state index >= 15 is 0 Å². The quantitative estimate of drug-likeness (QED) is 0.851. The first kappa shape index (κ1) is 14.3. The van der Waals surface area contributed by atoms with Crippen LogP contribution in [0.3, 0.4) is 0 Å². The van der Waals surface area contributed by atoms with Crippen molar-refractivity contribution in [3.63, 3.8) is 0 Å². The molecular formula is C15H16N2O2S2. The molecule has 0 unspecified atom stereocenters. The lowest BCUT2D eigenvalue weighted by molar-refractivity contribution is 0.103. The Hall–Kier alpha value is -1.66. The van der Waals surface area contributed by atoms with Crippen LogP contribution in [0.2, 0.25) is 0 Å². The van der Waals surface area contributed by atoms with Crippen LogP contribution in [0.1, 0.15) is 20.1 Å². The van der Waals surface area contributed by atoms with Crippen LogP contribution in [0.25, 0.3) is 0 Å². The zero-order valence-corrected chi connectivity index (χ0v) is 13.3. The van der Waals surface area contributed by atoms with Crippen LogP contribution in [0.15, 0.2) is 24.3 Å². The lowest BCUT2D eigenvalue weighted by Crippen LogP contribution is -2.11. The minimum absolute atomic E-state index is 0.101. The summed E-state index contributed by atoms with van der Waals surface area (Å²) in [5.41, 5.74) is 8.33. The second kappa shape index (κ2) is 5.99. The number of nitrogen functional groups attached to an aromatic ring is 1. The number of anilines is 2. The van der Waals surface area contributed by atoms with Crippen molar-refractivity contribution in [2.45, 2.75) is 12.2 Å². The third-order valence-corrected chi connectivity index (χ3v) is 5.60. The summed E-state index contributed by atoms with van der Waals surface area (Å²) in [5.74, 6) is 2.72. The number of amides is 1. The van der Waals surface area contributed by atoms with E-state index in [2.05, 4.69) is 5.32 Å². The second-order valence-corrected chi connectivity index (χ2v) is 7.01. The average molecular weight is 320 g/mol. The summed E-state index contributed by atoms with van der Waals surface area (Å²) in [6.07, 6.45) is 1.06. The highest BCUT2D eigenvalue weighted by Crippen LogP contribution is 2.32. The van der Waals surface area contributed by atoms with Crippen molar-refractivity contribution in [3.8, 4) is 5.75 Å². The molecule has 1 aromatic heterocycles. The van der Waals surface area contributed by atoms with Gasteiger partial charge in [-0.25, -0.2) is 0 Å². The lowest BCUT2D eigenvalue weighted by atomic mass is 10.2. The van der Waals surface area contributed by atoms with Crippen LogP contribution < -0.4 is 15.8 Å². The standard InChI is InChI=1S/C15H16N2O2S2/c1-19-10-2-3-12(11(16)7-10)17-15(18)14-6-9-8-20-5-4-13(9)21-14/h2-3,6-7H,4-5,8,16H2,1H3,(H,17,18). The molecule has 1 aliphatic rings. The van der Waals surface area contributed by atoms with Crippen LogP contribution in [0.5, 0.6) is 5.75 Å². The Bertz CT molecular complexity index is 659. The molecule has 2 aromatic rings. The van der Waals surface area contributed by atoms with Crippen molar-refractivity contribution in [3.05, 3.63) is 39.6 Å². The molecule has 0 atom stereocenters. The Labute approximate surface area is 131 Å². The van der Waals surface area contributed by atoms with Crippen LogP contribution in [0, 0.1) is 0 Å². The van der Waals surface area contributed by atoms with Crippen molar-refractivity contribution in [1.82, 2.24) is 0 Å². The maximum atomic E-state index is 12.3. The number of carbonyl (C=O) groups excluding carboxylic acids is 1. The highest BCUT2D eigenvalue weighted by molar-refractivity contribution is 7.98. The van der Waals surface area contributed by atoms with Crippen LogP contribution in [-0.2, 0) is 12.2 Å². The first-order valence-electron chi connectivity index (χ1n) is 6.61. The van der Waals surface area contributed by atoms with Gasteiger partial charge in [-0.05, 0) is 35.9 Å². The highest BCUT2D eigenvalue weighted by atomic mass is 32.2. The van der Waals surface area contributed by atoms with Gasteiger partial charge in [0.05, 0.1) is 23.4 Å². The maximum Gasteiger partial charge on any atom is 0.265 e. The largest absolute Gasteiger partial charge is 0.497 e. The van der Waals surface area contributed by atoms with E-state index in [1.54, 1.807) is 36.6 Å². The van der Waals surface area contributed by atoms with Gasteiger partial charge in [-0.1, -0.05) is 0 Å². The Morgan fingerprint density at radius 1 is 1.38 bits per heavy atom.